The quantitative estimate of drug-likeness (QED) is 0.832. The lowest BCUT2D eigenvalue weighted by atomic mass is 10.0. The fourth-order valence-corrected chi connectivity index (χ4v) is 4.25. The van der Waals surface area contributed by atoms with E-state index in [1.807, 2.05) is 43.0 Å². The Morgan fingerprint density at radius 1 is 1.19 bits per heavy atom. The lowest BCUT2D eigenvalue weighted by Gasteiger charge is -2.35. The predicted molar refractivity (Wildman–Crippen MR) is 106 cm³/mol. The molecule has 0 N–H and O–H groups in total. The Kier molecular flexibility index (Phi) is 4.87. The van der Waals surface area contributed by atoms with E-state index in [-0.39, 0.29) is 11.9 Å². The Balaban J connectivity index is 1.64. The van der Waals surface area contributed by atoms with E-state index < -0.39 is 5.72 Å². The van der Waals surface area contributed by atoms with Gasteiger partial charge >= 0.3 is 0 Å². The fourth-order valence-electron chi connectivity index (χ4n) is 4.25. The van der Waals surface area contributed by atoms with Crippen molar-refractivity contribution in [1.29, 1.82) is 0 Å². The van der Waals surface area contributed by atoms with Gasteiger partial charge in [0.15, 0.2) is 0 Å². The molecule has 3 heterocycles. The van der Waals surface area contributed by atoms with Gasteiger partial charge in [-0.15, -0.1) is 0 Å². The topological polar surface area (TPSA) is 45.7 Å². The molecule has 4 rings (SSSR count). The molecule has 2 aliphatic rings. The van der Waals surface area contributed by atoms with Crippen molar-refractivity contribution in [3.63, 3.8) is 0 Å². The molecule has 0 radical (unpaired) electrons. The molecule has 142 valence electrons. The average molecular weight is 365 g/mol. The standard InChI is InChI=1S/C22H27N3O2/c1-22(2)25(18(16-27-22)14-17-8-4-3-5-9-17)21(26)19-15-23-11-10-20(19)24-12-6-7-13-24/h3-5,8-11,15,18H,6-7,12-14,16H2,1-2H3/t18-/m0/s1. The molecule has 1 aromatic carbocycles. The van der Waals surface area contributed by atoms with Gasteiger partial charge in [-0.05, 0) is 44.7 Å². The van der Waals surface area contributed by atoms with Gasteiger partial charge in [-0.1, -0.05) is 30.3 Å². The molecule has 0 spiro atoms. The van der Waals surface area contributed by atoms with Crippen molar-refractivity contribution < 1.29 is 9.53 Å². The molecule has 1 atom stereocenters. The summed E-state index contributed by atoms with van der Waals surface area (Å²) in [5.74, 6) is 0.00781. The van der Waals surface area contributed by atoms with E-state index in [1.165, 1.54) is 18.4 Å². The van der Waals surface area contributed by atoms with Gasteiger partial charge in [0.05, 0.1) is 23.9 Å². The Bertz CT molecular complexity index is 800. The van der Waals surface area contributed by atoms with Gasteiger partial charge in [0.25, 0.3) is 5.91 Å². The maximum absolute atomic E-state index is 13.6. The highest BCUT2D eigenvalue weighted by molar-refractivity contribution is 6.00. The molecule has 2 saturated heterocycles. The van der Waals surface area contributed by atoms with Crippen LogP contribution < -0.4 is 4.90 Å². The molecule has 2 aromatic rings. The van der Waals surface area contributed by atoms with Crippen molar-refractivity contribution >= 4 is 11.6 Å². The molecule has 2 aliphatic heterocycles. The highest BCUT2D eigenvalue weighted by Gasteiger charge is 2.44. The first-order valence-electron chi connectivity index (χ1n) is 9.77. The highest BCUT2D eigenvalue weighted by Crippen LogP contribution is 2.33. The summed E-state index contributed by atoms with van der Waals surface area (Å²) in [6.45, 7) is 6.49. The van der Waals surface area contributed by atoms with Gasteiger partial charge in [0.2, 0.25) is 0 Å². The van der Waals surface area contributed by atoms with Gasteiger partial charge in [0.1, 0.15) is 5.72 Å². The number of pyridine rings is 1. The predicted octanol–water partition coefficient (Wildman–Crippen LogP) is 3.50. The second-order valence-electron chi connectivity index (χ2n) is 7.86. The minimum Gasteiger partial charge on any atom is -0.371 e. The molecular formula is C22H27N3O2. The monoisotopic (exact) mass is 365 g/mol. The normalized spacial score (nSPS) is 21.6. The number of nitrogens with zero attached hydrogens (tertiary/aromatic N) is 3. The largest absolute Gasteiger partial charge is 0.371 e. The summed E-state index contributed by atoms with van der Waals surface area (Å²) in [4.78, 5) is 22.1. The molecule has 1 aromatic heterocycles. The summed E-state index contributed by atoms with van der Waals surface area (Å²) < 4.78 is 6.02. The van der Waals surface area contributed by atoms with Gasteiger partial charge in [-0.25, -0.2) is 0 Å². The van der Waals surface area contributed by atoms with Crippen LogP contribution in [0.5, 0.6) is 0 Å². The summed E-state index contributed by atoms with van der Waals surface area (Å²) in [6, 6.07) is 12.3. The minimum absolute atomic E-state index is 0.00781. The van der Waals surface area contributed by atoms with Crippen LogP contribution in [0.2, 0.25) is 0 Å². The smallest absolute Gasteiger partial charge is 0.260 e. The van der Waals surface area contributed by atoms with Gasteiger partial charge < -0.3 is 14.5 Å². The second-order valence-corrected chi connectivity index (χ2v) is 7.86. The molecule has 0 saturated carbocycles. The number of hydrogen-bond acceptors (Lipinski definition) is 4. The summed E-state index contributed by atoms with van der Waals surface area (Å²) >= 11 is 0. The summed E-state index contributed by atoms with van der Waals surface area (Å²) in [5, 5.41) is 0. The van der Waals surface area contributed by atoms with Crippen molar-refractivity contribution in [2.24, 2.45) is 0 Å². The van der Waals surface area contributed by atoms with Crippen LogP contribution in [0, 0.1) is 0 Å². The van der Waals surface area contributed by atoms with Crippen LogP contribution >= 0.6 is 0 Å². The minimum atomic E-state index is -0.630. The Labute approximate surface area is 161 Å². The number of anilines is 1. The van der Waals surface area contributed by atoms with Crippen molar-refractivity contribution in [2.45, 2.75) is 44.9 Å². The number of ether oxygens (including phenoxy) is 1. The third-order valence-corrected chi connectivity index (χ3v) is 5.58. The zero-order chi connectivity index (χ0) is 18.9. The van der Waals surface area contributed by atoms with Crippen LogP contribution in [-0.4, -0.2) is 47.3 Å². The van der Waals surface area contributed by atoms with Crippen LogP contribution in [0.4, 0.5) is 5.69 Å². The number of benzene rings is 1. The van der Waals surface area contributed by atoms with E-state index in [2.05, 4.69) is 22.0 Å². The van der Waals surface area contributed by atoms with Crippen molar-refractivity contribution in [1.82, 2.24) is 9.88 Å². The van der Waals surface area contributed by atoms with E-state index in [4.69, 9.17) is 4.74 Å². The van der Waals surface area contributed by atoms with Crippen molar-refractivity contribution in [3.8, 4) is 0 Å². The van der Waals surface area contributed by atoms with Crippen molar-refractivity contribution in [2.75, 3.05) is 24.6 Å². The van der Waals surface area contributed by atoms with Gasteiger partial charge in [-0.3, -0.25) is 9.78 Å². The van der Waals surface area contributed by atoms with Crippen molar-refractivity contribution in [3.05, 3.63) is 59.9 Å². The van der Waals surface area contributed by atoms with Crippen LogP contribution in [0.1, 0.15) is 42.6 Å². The lowest BCUT2D eigenvalue weighted by Crippen LogP contribution is -2.49. The number of carbonyl (C=O) groups excluding carboxylic acids is 1. The Morgan fingerprint density at radius 2 is 1.93 bits per heavy atom. The van der Waals surface area contributed by atoms with Crippen LogP contribution in [0.15, 0.2) is 48.8 Å². The van der Waals surface area contributed by atoms with E-state index in [0.29, 0.717) is 12.2 Å². The Hall–Kier alpha value is -2.40. The molecule has 0 bridgehead atoms. The first-order valence-corrected chi connectivity index (χ1v) is 9.77. The zero-order valence-corrected chi connectivity index (χ0v) is 16.1. The third-order valence-electron chi connectivity index (χ3n) is 5.58. The molecular weight excluding hydrogens is 338 g/mol. The molecule has 0 aliphatic carbocycles. The molecule has 2 fully saturated rings. The number of hydrogen-bond donors (Lipinski definition) is 0. The van der Waals surface area contributed by atoms with Crippen LogP contribution in [0.25, 0.3) is 0 Å². The lowest BCUT2D eigenvalue weighted by molar-refractivity contribution is -0.0401. The summed E-state index contributed by atoms with van der Waals surface area (Å²) in [7, 11) is 0. The number of rotatable bonds is 4. The molecule has 27 heavy (non-hydrogen) atoms. The van der Waals surface area contributed by atoms with Crippen LogP contribution in [-0.2, 0) is 11.2 Å². The first-order chi connectivity index (χ1) is 13.1. The molecule has 5 nitrogen and oxygen atoms in total. The summed E-state index contributed by atoms with van der Waals surface area (Å²) in [5.41, 5.74) is 2.26. The zero-order valence-electron chi connectivity index (χ0n) is 16.1. The SMILES string of the molecule is CC1(C)OC[C@H](Cc2ccccc2)N1C(=O)c1cnccc1N1CCCC1. The van der Waals surface area contributed by atoms with Gasteiger partial charge in [0, 0.05) is 25.5 Å². The van der Waals surface area contributed by atoms with E-state index in [1.54, 1.807) is 12.4 Å². The molecule has 5 heteroatoms. The average Bonchev–Trinajstić information content (AvgIpc) is 3.30. The number of aromatic nitrogens is 1. The van der Waals surface area contributed by atoms with E-state index in [9.17, 15) is 4.79 Å². The van der Waals surface area contributed by atoms with Gasteiger partial charge in [-0.2, -0.15) is 0 Å². The van der Waals surface area contributed by atoms with E-state index >= 15 is 0 Å². The maximum atomic E-state index is 13.6. The molecule has 0 unspecified atom stereocenters. The second kappa shape index (κ2) is 7.31. The number of amides is 1. The van der Waals surface area contributed by atoms with Crippen LogP contribution in [0.3, 0.4) is 0 Å². The summed E-state index contributed by atoms with van der Waals surface area (Å²) in [6.07, 6.45) is 6.62. The third kappa shape index (κ3) is 3.56. The maximum Gasteiger partial charge on any atom is 0.260 e. The Morgan fingerprint density at radius 3 is 2.67 bits per heavy atom. The van der Waals surface area contributed by atoms with E-state index in [0.717, 1.165) is 25.2 Å². The fraction of sp³-hybridized carbons (Fsp3) is 0.455. The number of carbonyl (C=O) groups is 1. The first kappa shape index (κ1) is 18.0. The molecule has 1 amide bonds. The highest BCUT2D eigenvalue weighted by atomic mass is 16.5.